The Balaban J connectivity index is 1.70. The predicted octanol–water partition coefficient (Wildman–Crippen LogP) is 5.05. The number of carboxylic acid groups (broad SMARTS) is 1. The molecule has 0 unspecified atom stereocenters. The molecule has 5 nitrogen and oxygen atoms in total. The molecular weight excluding hydrogens is 342 g/mol. The quantitative estimate of drug-likeness (QED) is 0.536. The molecule has 4 rings (SSSR count). The lowest BCUT2D eigenvalue weighted by Crippen LogP contribution is -2.15. The second kappa shape index (κ2) is 6.80. The first kappa shape index (κ1) is 16.6. The zero-order valence-electron chi connectivity index (χ0n) is 14.2. The van der Waals surface area contributed by atoms with Gasteiger partial charge in [-0.2, -0.15) is 0 Å². The monoisotopic (exact) mass is 357 g/mol. The summed E-state index contributed by atoms with van der Waals surface area (Å²) in [6.45, 7) is 0. The molecule has 0 radical (unpaired) electrons. The van der Waals surface area contributed by atoms with Crippen molar-refractivity contribution in [3.05, 3.63) is 90.2 Å². The molecule has 0 aliphatic rings. The Morgan fingerprint density at radius 3 is 2.44 bits per heavy atom. The predicted molar refractivity (Wildman–Crippen MR) is 103 cm³/mol. The summed E-state index contributed by atoms with van der Waals surface area (Å²) in [5.41, 5.74) is 3.15. The number of carbonyl (C=O) groups is 2. The first-order chi connectivity index (χ1) is 13.1. The zero-order chi connectivity index (χ0) is 18.8. The van der Waals surface area contributed by atoms with Crippen LogP contribution in [0.1, 0.15) is 20.7 Å². The average molecular weight is 357 g/mol. The SMILES string of the molecule is O=C(Nc1cc(-c2ccccc2)ccc1C(=O)O)c1ccc2occc2c1. The Labute approximate surface area is 154 Å². The van der Waals surface area contributed by atoms with Crippen LogP contribution in [-0.2, 0) is 0 Å². The zero-order valence-corrected chi connectivity index (χ0v) is 14.2. The number of hydrogen-bond acceptors (Lipinski definition) is 3. The maximum atomic E-state index is 12.7. The largest absolute Gasteiger partial charge is 0.478 e. The molecule has 0 spiro atoms. The molecule has 1 amide bonds. The molecule has 2 N–H and O–H groups in total. The van der Waals surface area contributed by atoms with Crippen LogP contribution in [0.25, 0.3) is 22.1 Å². The van der Waals surface area contributed by atoms with E-state index in [1.807, 2.05) is 30.3 Å². The van der Waals surface area contributed by atoms with Crippen molar-refractivity contribution in [2.75, 3.05) is 5.32 Å². The van der Waals surface area contributed by atoms with E-state index in [1.54, 1.807) is 42.7 Å². The summed E-state index contributed by atoms with van der Waals surface area (Å²) in [6.07, 6.45) is 1.55. The molecular formula is C22H15NO4. The fraction of sp³-hybridized carbons (Fsp3) is 0. The van der Waals surface area contributed by atoms with E-state index in [-0.39, 0.29) is 17.2 Å². The van der Waals surface area contributed by atoms with E-state index in [1.165, 1.54) is 6.07 Å². The van der Waals surface area contributed by atoms with Crippen LogP contribution in [0.3, 0.4) is 0 Å². The average Bonchev–Trinajstić information content (AvgIpc) is 3.16. The van der Waals surface area contributed by atoms with E-state index in [4.69, 9.17) is 4.42 Å². The molecule has 0 bridgehead atoms. The first-order valence-electron chi connectivity index (χ1n) is 8.33. The minimum Gasteiger partial charge on any atom is -0.478 e. The molecule has 3 aromatic carbocycles. The highest BCUT2D eigenvalue weighted by molar-refractivity contribution is 6.09. The minimum atomic E-state index is -1.10. The van der Waals surface area contributed by atoms with Crippen molar-refractivity contribution in [2.45, 2.75) is 0 Å². The van der Waals surface area contributed by atoms with Gasteiger partial charge < -0.3 is 14.8 Å². The minimum absolute atomic E-state index is 0.0346. The van der Waals surface area contributed by atoms with Crippen LogP contribution in [0, 0.1) is 0 Å². The number of anilines is 1. The summed E-state index contributed by atoms with van der Waals surface area (Å²) >= 11 is 0. The molecule has 1 aromatic heterocycles. The molecule has 4 aromatic rings. The number of aromatic carboxylic acids is 1. The molecule has 132 valence electrons. The molecule has 5 heteroatoms. The van der Waals surface area contributed by atoms with Gasteiger partial charge in [-0.1, -0.05) is 36.4 Å². The molecule has 0 saturated carbocycles. The number of carbonyl (C=O) groups excluding carboxylic acids is 1. The maximum absolute atomic E-state index is 12.7. The Hall–Kier alpha value is -3.86. The summed E-state index contributed by atoms with van der Waals surface area (Å²) in [5, 5.41) is 13.0. The molecule has 27 heavy (non-hydrogen) atoms. The normalized spacial score (nSPS) is 10.7. The van der Waals surface area contributed by atoms with E-state index >= 15 is 0 Å². The number of nitrogens with one attached hydrogen (secondary N) is 1. The molecule has 0 aliphatic carbocycles. The van der Waals surface area contributed by atoms with Crippen LogP contribution in [0.15, 0.2) is 83.5 Å². The first-order valence-corrected chi connectivity index (χ1v) is 8.33. The van der Waals surface area contributed by atoms with Crippen LogP contribution < -0.4 is 5.32 Å². The highest BCUT2D eigenvalue weighted by atomic mass is 16.4. The van der Waals surface area contributed by atoms with Gasteiger partial charge in [0.25, 0.3) is 5.91 Å². The van der Waals surface area contributed by atoms with Crippen LogP contribution in [-0.4, -0.2) is 17.0 Å². The molecule has 0 saturated heterocycles. The van der Waals surface area contributed by atoms with Crippen molar-refractivity contribution in [1.82, 2.24) is 0 Å². The van der Waals surface area contributed by atoms with Crippen molar-refractivity contribution in [3.8, 4) is 11.1 Å². The van der Waals surface area contributed by atoms with Crippen LogP contribution in [0.5, 0.6) is 0 Å². The van der Waals surface area contributed by atoms with Crippen LogP contribution in [0.4, 0.5) is 5.69 Å². The van der Waals surface area contributed by atoms with E-state index in [0.29, 0.717) is 11.1 Å². The number of rotatable bonds is 4. The van der Waals surface area contributed by atoms with Crippen LogP contribution in [0.2, 0.25) is 0 Å². The molecule has 0 fully saturated rings. The summed E-state index contributed by atoms with van der Waals surface area (Å²) in [4.78, 5) is 24.2. The van der Waals surface area contributed by atoms with Gasteiger partial charge in [-0.25, -0.2) is 4.79 Å². The highest BCUT2D eigenvalue weighted by Gasteiger charge is 2.15. The maximum Gasteiger partial charge on any atom is 0.337 e. The van der Waals surface area contributed by atoms with Crippen molar-refractivity contribution < 1.29 is 19.1 Å². The smallest absolute Gasteiger partial charge is 0.337 e. The summed E-state index contributed by atoms with van der Waals surface area (Å²) in [6, 6.07) is 21.3. The van der Waals surface area contributed by atoms with E-state index in [2.05, 4.69) is 5.32 Å². The van der Waals surface area contributed by atoms with Gasteiger partial charge in [0.15, 0.2) is 0 Å². The summed E-state index contributed by atoms with van der Waals surface area (Å²) in [5.74, 6) is -1.49. The topological polar surface area (TPSA) is 79.5 Å². The molecule has 1 heterocycles. The van der Waals surface area contributed by atoms with Crippen molar-refractivity contribution in [1.29, 1.82) is 0 Å². The Morgan fingerprint density at radius 2 is 1.67 bits per heavy atom. The third-order valence-electron chi connectivity index (χ3n) is 4.32. The lowest BCUT2D eigenvalue weighted by molar-refractivity contribution is 0.0698. The van der Waals surface area contributed by atoms with E-state index in [9.17, 15) is 14.7 Å². The number of amides is 1. The Morgan fingerprint density at radius 1 is 0.852 bits per heavy atom. The fourth-order valence-corrected chi connectivity index (χ4v) is 2.95. The van der Waals surface area contributed by atoms with Gasteiger partial charge in [-0.3, -0.25) is 4.79 Å². The standard InChI is InChI=1S/C22H15NO4/c24-21(17-7-9-20-16(12-17)10-11-27-20)23-19-13-15(6-8-18(19)22(25)26)14-4-2-1-3-5-14/h1-13H,(H,23,24)(H,25,26). The summed E-state index contributed by atoms with van der Waals surface area (Å²) in [7, 11) is 0. The van der Waals surface area contributed by atoms with Gasteiger partial charge in [-0.15, -0.1) is 0 Å². The number of carboxylic acids is 1. The van der Waals surface area contributed by atoms with Crippen molar-refractivity contribution in [2.24, 2.45) is 0 Å². The highest BCUT2D eigenvalue weighted by Crippen LogP contribution is 2.27. The van der Waals surface area contributed by atoms with Crippen LogP contribution >= 0.6 is 0 Å². The number of furan rings is 1. The number of benzene rings is 3. The van der Waals surface area contributed by atoms with E-state index in [0.717, 1.165) is 16.5 Å². The van der Waals surface area contributed by atoms with Crippen molar-refractivity contribution in [3.63, 3.8) is 0 Å². The van der Waals surface area contributed by atoms with Gasteiger partial charge in [-0.05, 0) is 47.5 Å². The third-order valence-corrected chi connectivity index (χ3v) is 4.32. The van der Waals surface area contributed by atoms with Gasteiger partial charge in [0.1, 0.15) is 5.58 Å². The summed E-state index contributed by atoms with van der Waals surface area (Å²) < 4.78 is 5.28. The second-order valence-electron chi connectivity index (χ2n) is 6.06. The fourth-order valence-electron chi connectivity index (χ4n) is 2.95. The van der Waals surface area contributed by atoms with E-state index < -0.39 is 5.97 Å². The second-order valence-corrected chi connectivity index (χ2v) is 6.06. The van der Waals surface area contributed by atoms with Gasteiger partial charge in [0, 0.05) is 10.9 Å². The third kappa shape index (κ3) is 3.30. The van der Waals surface area contributed by atoms with Gasteiger partial charge >= 0.3 is 5.97 Å². The van der Waals surface area contributed by atoms with Gasteiger partial charge in [0.2, 0.25) is 0 Å². The molecule has 0 atom stereocenters. The number of hydrogen-bond donors (Lipinski definition) is 2. The lowest BCUT2D eigenvalue weighted by Gasteiger charge is -2.11. The Kier molecular flexibility index (Phi) is 4.18. The Bertz CT molecular complexity index is 1150. The molecule has 0 aliphatic heterocycles. The van der Waals surface area contributed by atoms with Gasteiger partial charge in [0.05, 0.1) is 17.5 Å². The van der Waals surface area contributed by atoms with Crippen molar-refractivity contribution >= 4 is 28.5 Å². The number of fused-ring (bicyclic) bond motifs is 1. The lowest BCUT2D eigenvalue weighted by atomic mass is 10.0.